The molecule has 4 rings (SSSR count). The van der Waals surface area contributed by atoms with Gasteiger partial charge in [-0.3, -0.25) is 10.2 Å². The molecule has 0 radical (unpaired) electrons. The second-order valence-electron chi connectivity index (χ2n) is 9.51. The number of rotatable bonds is 15. The first-order valence-corrected chi connectivity index (χ1v) is 13.6. The van der Waals surface area contributed by atoms with Crippen LogP contribution in [0.2, 0.25) is 0 Å². The molecule has 9 heteroatoms. The molecule has 1 atom stereocenters. The summed E-state index contributed by atoms with van der Waals surface area (Å²) < 4.78 is 22.4. The Morgan fingerprint density at radius 2 is 1.83 bits per heavy atom. The van der Waals surface area contributed by atoms with Gasteiger partial charge in [0.25, 0.3) is 5.91 Å². The largest absolute Gasteiger partial charge is 0.497 e. The Hall–Kier alpha value is -4.34. The van der Waals surface area contributed by atoms with E-state index >= 15 is 0 Å². The van der Waals surface area contributed by atoms with Gasteiger partial charge in [0.1, 0.15) is 23.9 Å². The fourth-order valence-corrected chi connectivity index (χ4v) is 4.34. The SMILES string of the molecule is COc1ccc(OC)c(CCNNC(=O)[C@]2(C/C=C/c3ccccc3)COC(c3ccc(OCCCO)cc3)=N2)c1. The zero-order valence-electron chi connectivity index (χ0n) is 23.5. The van der Waals surface area contributed by atoms with Crippen molar-refractivity contribution in [2.75, 3.05) is 40.6 Å². The molecular formula is C32H37N3O6. The van der Waals surface area contributed by atoms with E-state index in [1.807, 2.05) is 84.9 Å². The van der Waals surface area contributed by atoms with Crippen LogP contribution in [0, 0.1) is 0 Å². The van der Waals surface area contributed by atoms with Crippen LogP contribution in [-0.4, -0.2) is 63.0 Å². The third-order valence-corrected chi connectivity index (χ3v) is 6.63. The molecule has 0 aromatic heterocycles. The Kier molecular flexibility index (Phi) is 10.8. The zero-order chi connectivity index (χ0) is 28.9. The molecule has 0 saturated heterocycles. The average molecular weight is 560 g/mol. The number of nitrogens with one attached hydrogen (secondary N) is 2. The van der Waals surface area contributed by atoms with Gasteiger partial charge in [-0.05, 0) is 60.0 Å². The quantitative estimate of drug-likeness (QED) is 0.191. The molecule has 1 amide bonds. The number of carbonyl (C=O) groups is 1. The highest BCUT2D eigenvalue weighted by Crippen LogP contribution is 2.28. The fraction of sp³-hybridized carbons (Fsp3) is 0.312. The molecule has 0 unspecified atom stereocenters. The molecule has 3 aromatic carbocycles. The lowest BCUT2D eigenvalue weighted by Crippen LogP contribution is -2.51. The highest BCUT2D eigenvalue weighted by Gasteiger charge is 2.43. The van der Waals surface area contributed by atoms with Crippen LogP contribution >= 0.6 is 0 Å². The smallest absolute Gasteiger partial charge is 0.266 e. The molecule has 1 aliphatic heterocycles. The van der Waals surface area contributed by atoms with Crippen LogP contribution in [0.15, 0.2) is 83.9 Å². The van der Waals surface area contributed by atoms with Crippen LogP contribution in [0.1, 0.15) is 29.5 Å². The van der Waals surface area contributed by atoms with Gasteiger partial charge in [-0.25, -0.2) is 10.4 Å². The van der Waals surface area contributed by atoms with E-state index in [1.54, 1.807) is 14.2 Å². The summed E-state index contributed by atoms with van der Waals surface area (Å²) >= 11 is 0. The summed E-state index contributed by atoms with van der Waals surface area (Å²) in [7, 11) is 3.25. The first-order valence-electron chi connectivity index (χ1n) is 13.6. The summed E-state index contributed by atoms with van der Waals surface area (Å²) in [5.74, 6) is 2.30. The van der Waals surface area contributed by atoms with Gasteiger partial charge in [0.15, 0.2) is 5.54 Å². The Morgan fingerprint density at radius 1 is 1.05 bits per heavy atom. The molecule has 216 valence electrons. The van der Waals surface area contributed by atoms with E-state index in [1.165, 1.54) is 0 Å². The van der Waals surface area contributed by atoms with Gasteiger partial charge < -0.3 is 24.1 Å². The molecule has 3 N–H and O–H groups in total. The van der Waals surface area contributed by atoms with Crippen LogP contribution in [0.3, 0.4) is 0 Å². The molecule has 9 nitrogen and oxygen atoms in total. The summed E-state index contributed by atoms with van der Waals surface area (Å²) in [6.07, 6.45) is 5.45. The van der Waals surface area contributed by atoms with Crippen LogP contribution in [0.4, 0.5) is 0 Å². The van der Waals surface area contributed by atoms with E-state index in [2.05, 4.69) is 10.9 Å². The number of nitrogens with zero attached hydrogens (tertiary/aromatic N) is 1. The number of benzene rings is 3. The Morgan fingerprint density at radius 3 is 2.56 bits per heavy atom. The number of hydrogen-bond acceptors (Lipinski definition) is 8. The van der Waals surface area contributed by atoms with E-state index in [0.29, 0.717) is 44.1 Å². The number of hydrazine groups is 1. The van der Waals surface area contributed by atoms with E-state index in [4.69, 9.17) is 29.0 Å². The third-order valence-electron chi connectivity index (χ3n) is 6.63. The molecular weight excluding hydrogens is 522 g/mol. The topological polar surface area (TPSA) is 111 Å². The van der Waals surface area contributed by atoms with E-state index in [9.17, 15) is 4.79 Å². The van der Waals surface area contributed by atoms with Gasteiger partial charge in [-0.2, -0.15) is 0 Å². The highest BCUT2D eigenvalue weighted by molar-refractivity contribution is 6.00. The molecule has 0 aliphatic carbocycles. The predicted molar refractivity (Wildman–Crippen MR) is 158 cm³/mol. The van der Waals surface area contributed by atoms with E-state index in [-0.39, 0.29) is 19.1 Å². The van der Waals surface area contributed by atoms with Crippen molar-refractivity contribution in [2.45, 2.75) is 24.8 Å². The van der Waals surface area contributed by atoms with Crippen molar-refractivity contribution in [1.82, 2.24) is 10.9 Å². The lowest BCUT2D eigenvalue weighted by molar-refractivity contribution is -0.127. The Balaban J connectivity index is 1.45. The van der Waals surface area contributed by atoms with Crippen molar-refractivity contribution in [2.24, 2.45) is 4.99 Å². The third kappa shape index (κ3) is 8.09. The number of aliphatic hydroxyl groups excluding tert-OH is 1. The lowest BCUT2D eigenvalue weighted by atomic mass is 9.95. The number of hydrogen-bond donors (Lipinski definition) is 3. The van der Waals surface area contributed by atoms with Crippen molar-refractivity contribution < 1.29 is 28.8 Å². The maximum atomic E-state index is 13.5. The molecule has 0 fully saturated rings. The maximum Gasteiger partial charge on any atom is 0.266 e. The van der Waals surface area contributed by atoms with Gasteiger partial charge >= 0.3 is 0 Å². The highest BCUT2D eigenvalue weighted by atomic mass is 16.5. The van der Waals surface area contributed by atoms with E-state index in [0.717, 1.165) is 28.2 Å². The summed E-state index contributed by atoms with van der Waals surface area (Å²) in [6.45, 7) is 1.09. The first-order chi connectivity index (χ1) is 20.1. The van der Waals surface area contributed by atoms with Gasteiger partial charge in [0, 0.05) is 31.6 Å². The molecule has 1 aliphatic rings. The lowest BCUT2D eigenvalue weighted by Gasteiger charge is -2.22. The number of methoxy groups -OCH3 is 2. The number of carbonyl (C=O) groups excluding carboxylic acids is 1. The van der Waals surface area contributed by atoms with Crippen LogP contribution in [-0.2, 0) is 16.0 Å². The molecule has 0 saturated carbocycles. The summed E-state index contributed by atoms with van der Waals surface area (Å²) in [5, 5.41) is 8.95. The van der Waals surface area contributed by atoms with Gasteiger partial charge in [-0.1, -0.05) is 42.5 Å². The van der Waals surface area contributed by atoms with Crippen LogP contribution < -0.4 is 25.1 Å². The van der Waals surface area contributed by atoms with Crippen molar-refractivity contribution in [1.29, 1.82) is 0 Å². The summed E-state index contributed by atoms with van der Waals surface area (Å²) in [5.41, 5.74) is 7.48. The van der Waals surface area contributed by atoms with Gasteiger partial charge in [-0.15, -0.1) is 0 Å². The van der Waals surface area contributed by atoms with E-state index < -0.39 is 5.54 Å². The number of aliphatic hydroxyl groups is 1. The minimum absolute atomic E-state index is 0.0790. The van der Waals surface area contributed by atoms with Gasteiger partial charge in [0.05, 0.1) is 20.8 Å². The molecule has 0 bridgehead atoms. The summed E-state index contributed by atoms with van der Waals surface area (Å²) in [6, 6.07) is 22.9. The zero-order valence-corrected chi connectivity index (χ0v) is 23.5. The fourth-order valence-electron chi connectivity index (χ4n) is 4.34. The predicted octanol–water partition coefficient (Wildman–Crippen LogP) is 3.95. The minimum atomic E-state index is -1.14. The Bertz CT molecular complexity index is 1330. The minimum Gasteiger partial charge on any atom is -0.497 e. The second kappa shape index (κ2) is 14.9. The average Bonchev–Trinajstić information content (AvgIpc) is 3.45. The molecule has 1 heterocycles. The normalized spacial score (nSPS) is 16.2. The van der Waals surface area contributed by atoms with Crippen LogP contribution in [0.5, 0.6) is 17.2 Å². The van der Waals surface area contributed by atoms with Crippen LogP contribution in [0.25, 0.3) is 6.08 Å². The van der Waals surface area contributed by atoms with Crippen molar-refractivity contribution in [3.8, 4) is 17.2 Å². The second-order valence-corrected chi connectivity index (χ2v) is 9.51. The number of aliphatic imine (C=N–C) groups is 1. The molecule has 41 heavy (non-hydrogen) atoms. The van der Waals surface area contributed by atoms with Crippen molar-refractivity contribution >= 4 is 17.9 Å². The number of amides is 1. The number of ether oxygens (including phenoxy) is 4. The first kappa shape index (κ1) is 29.6. The Labute approximate surface area is 240 Å². The molecule has 0 spiro atoms. The standard InChI is InChI=1S/C32H37N3O6/c1-38-28-15-16-29(39-2)26(22-28)17-19-33-35-31(37)32(18-6-10-24-8-4-3-5-9-24)23-41-30(34-32)25-11-13-27(14-12-25)40-21-7-20-36/h3-6,8-16,22,33,36H,7,17-21,23H2,1-2H3,(H,35,37)/b10-6+/t32-/m0/s1. The summed E-state index contributed by atoms with van der Waals surface area (Å²) in [4.78, 5) is 18.3. The van der Waals surface area contributed by atoms with Crippen molar-refractivity contribution in [3.05, 3.63) is 95.6 Å². The van der Waals surface area contributed by atoms with Crippen molar-refractivity contribution in [3.63, 3.8) is 0 Å². The monoisotopic (exact) mass is 559 g/mol. The van der Waals surface area contributed by atoms with Gasteiger partial charge in [0.2, 0.25) is 5.90 Å². The molecule has 3 aromatic rings. The maximum absolute atomic E-state index is 13.5.